The van der Waals surface area contributed by atoms with Crippen LogP contribution in [0.2, 0.25) is 0 Å². The summed E-state index contributed by atoms with van der Waals surface area (Å²) in [5.41, 5.74) is -0.147. The lowest BCUT2D eigenvalue weighted by molar-refractivity contribution is -0.131. The third-order valence-corrected chi connectivity index (χ3v) is 5.00. The van der Waals surface area contributed by atoms with Gasteiger partial charge in [0.2, 0.25) is 0 Å². The highest BCUT2D eigenvalue weighted by Crippen LogP contribution is 2.18. The van der Waals surface area contributed by atoms with E-state index >= 15 is 0 Å². The predicted octanol–water partition coefficient (Wildman–Crippen LogP) is 0.616. The Balaban J connectivity index is 2.10. The molecule has 0 aromatic heterocycles. The molecule has 1 aliphatic rings. The molecule has 0 N–H and O–H groups in total. The van der Waals surface area contributed by atoms with Crippen molar-refractivity contribution in [2.24, 2.45) is 0 Å². The molecule has 0 bridgehead atoms. The number of hydrogen-bond donors (Lipinski definition) is 0. The number of carbonyl (C=O) groups excluding carboxylic acids is 3. The van der Waals surface area contributed by atoms with Crippen LogP contribution in [0.15, 0.2) is 29.2 Å². The molecule has 8 nitrogen and oxygen atoms in total. The van der Waals surface area contributed by atoms with Crippen LogP contribution in [0, 0.1) is 0 Å². The summed E-state index contributed by atoms with van der Waals surface area (Å²) in [4.78, 5) is 35.7. The van der Waals surface area contributed by atoms with Crippen LogP contribution >= 0.6 is 0 Å². The number of esters is 1. The van der Waals surface area contributed by atoms with E-state index in [9.17, 15) is 22.8 Å². The first kappa shape index (κ1) is 16.9. The van der Waals surface area contributed by atoms with Crippen LogP contribution < -0.4 is 0 Å². The van der Waals surface area contributed by atoms with Crippen molar-refractivity contribution in [3.63, 3.8) is 0 Å². The highest BCUT2D eigenvalue weighted by atomic mass is 32.2. The zero-order valence-electron chi connectivity index (χ0n) is 12.4. The first-order chi connectivity index (χ1) is 10.9. The summed E-state index contributed by atoms with van der Waals surface area (Å²) in [5.74, 6) is -1.84. The zero-order chi connectivity index (χ0) is 17.0. The molecule has 0 unspecified atom stereocenters. The third kappa shape index (κ3) is 3.67. The van der Waals surface area contributed by atoms with Crippen molar-refractivity contribution in [3.05, 3.63) is 29.8 Å². The molecule has 2 amide bonds. The standard InChI is InChI=1S/C14H15NO7S/c1-2-23(19,20)11-6-4-3-5-10(11)13(17)22-9-12(16)15-7-8-21-14(15)18/h3-6H,2,7-9H2,1H3. The Kier molecular flexibility index (Phi) is 4.99. The maximum atomic E-state index is 12.1. The molecule has 1 aromatic rings. The molecule has 2 rings (SSSR count). The SMILES string of the molecule is CCS(=O)(=O)c1ccccc1C(=O)OCC(=O)N1CCOC1=O. The van der Waals surface area contributed by atoms with Gasteiger partial charge in [0.1, 0.15) is 6.61 Å². The lowest BCUT2D eigenvalue weighted by Gasteiger charge is -2.12. The van der Waals surface area contributed by atoms with Gasteiger partial charge in [-0.15, -0.1) is 0 Å². The molecule has 0 aliphatic carbocycles. The molecular formula is C14H15NO7S. The number of imide groups is 1. The summed E-state index contributed by atoms with van der Waals surface area (Å²) >= 11 is 0. The van der Waals surface area contributed by atoms with E-state index in [2.05, 4.69) is 4.74 Å². The maximum Gasteiger partial charge on any atom is 0.416 e. The molecule has 1 aliphatic heterocycles. The Morgan fingerprint density at radius 1 is 1.30 bits per heavy atom. The van der Waals surface area contributed by atoms with Gasteiger partial charge >= 0.3 is 12.1 Å². The Labute approximate surface area is 132 Å². The fourth-order valence-electron chi connectivity index (χ4n) is 1.96. The Bertz CT molecular complexity index is 741. The molecule has 1 saturated heterocycles. The highest BCUT2D eigenvalue weighted by Gasteiger charge is 2.29. The molecule has 1 aromatic carbocycles. The summed E-state index contributed by atoms with van der Waals surface area (Å²) in [7, 11) is -3.61. The van der Waals surface area contributed by atoms with E-state index in [-0.39, 0.29) is 29.4 Å². The van der Waals surface area contributed by atoms with Gasteiger partial charge in [-0.05, 0) is 12.1 Å². The van der Waals surface area contributed by atoms with E-state index < -0.39 is 34.4 Å². The van der Waals surface area contributed by atoms with E-state index in [1.165, 1.54) is 31.2 Å². The second-order valence-corrected chi connectivity index (χ2v) is 6.88. The maximum absolute atomic E-state index is 12.1. The highest BCUT2D eigenvalue weighted by molar-refractivity contribution is 7.91. The van der Waals surface area contributed by atoms with Gasteiger partial charge in [-0.1, -0.05) is 19.1 Å². The third-order valence-electron chi connectivity index (χ3n) is 3.21. The number of amides is 2. The first-order valence-electron chi connectivity index (χ1n) is 6.83. The van der Waals surface area contributed by atoms with Gasteiger partial charge in [0.25, 0.3) is 5.91 Å². The number of benzene rings is 1. The van der Waals surface area contributed by atoms with E-state index in [1.807, 2.05) is 0 Å². The van der Waals surface area contributed by atoms with Crippen molar-refractivity contribution in [1.82, 2.24) is 4.90 Å². The zero-order valence-corrected chi connectivity index (χ0v) is 13.2. The van der Waals surface area contributed by atoms with E-state index in [4.69, 9.17) is 4.74 Å². The number of ether oxygens (including phenoxy) is 2. The molecular weight excluding hydrogens is 326 g/mol. The van der Waals surface area contributed by atoms with Gasteiger partial charge in [0.15, 0.2) is 16.4 Å². The van der Waals surface area contributed by atoms with Crippen molar-refractivity contribution in [3.8, 4) is 0 Å². The van der Waals surface area contributed by atoms with Crippen molar-refractivity contribution in [2.75, 3.05) is 25.5 Å². The van der Waals surface area contributed by atoms with Crippen LogP contribution in [-0.2, 0) is 24.1 Å². The van der Waals surface area contributed by atoms with Crippen LogP contribution in [0.5, 0.6) is 0 Å². The monoisotopic (exact) mass is 341 g/mol. The number of nitrogens with zero attached hydrogens (tertiary/aromatic N) is 1. The summed E-state index contributed by atoms with van der Waals surface area (Å²) in [6.45, 7) is 0.973. The van der Waals surface area contributed by atoms with Gasteiger partial charge in [0, 0.05) is 0 Å². The summed E-state index contributed by atoms with van der Waals surface area (Å²) in [6, 6.07) is 5.59. The Morgan fingerprint density at radius 3 is 2.61 bits per heavy atom. The molecule has 0 radical (unpaired) electrons. The Hall–Kier alpha value is -2.42. The molecule has 9 heteroatoms. The minimum Gasteiger partial charge on any atom is -0.452 e. The van der Waals surface area contributed by atoms with Crippen LogP contribution in [0.3, 0.4) is 0 Å². The van der Waals surface area contributed by atoms with Crippen molar-refractivity contribution < 1.29 is 32.3 Å². The summed E-state index contributed by atoms with van der Waals surface area (Å²) < 4.78 is 33.4. The topological polar surface area (TPSA) is 107 Å². The van der Waals surface area contributed by atoms with E-state index in [0.717, 1.165) is 4.90 Å². The first-order valence-corrected chi connectivity index (χ1v) is 8.48. The second kappa shape index (κ2) is 6.78. The Morgan fingerprint density at radius 2 is 2.00 bits per heavy atom. The van der Waals surface area contributed by atoms with Crippen molar-refractivity contribution in [1.29, 1.82) is 0 Å². The fourth-order valence-corrected chi connectivity index (χ4v) is 3.05. The molecule has 0 saturated carbocycles. The van der Waals surface area contributed by atoms with Crippen molar-refractivity contribution in [2.45, 2.75) is 11.8 Å². The number of carbonyl (C=O) groups is 3. The lowest BCUT2D eigenvalue weighted by Crippen LogP contribution is -2.35. The predicted molar refractivity (Wildman–Crippen MR) is 77.5 cm³/mol. The average molecular weight is 341 g/mol. The van der Waals surface area contributed by atoms with Crippen molar-refractivity contribution >= 4 is 27.8 Å². The number of rotatable bonds is 5. The molecule has 0 atom stereocenters. The van der Waals surface area contributed by atoms with E-state index in [1.54, 1.807) is 0 Å². The minimum atomic E-state index is -3.61. The second-order valence-electron chi connectivity index (χ2n) is 4.64. The van der Waals surface area contributed by atoms with Crippen LogP contribution in [0.4, 0.5) is 4.79 Å². The largest absolute Gasteiger partial charge is 0.452 e. The molecule has 1 heterocycles. The quantitative estimate of drug-likeness (QED) is 0.722. The van der Waals surface area contributed by atoms with Crippen LogP contribution in [0.25, 0.3) is 0 Å². The molecule has 23 heavy (non-hydrogen) atoms. The van der Waals surface area contributed by atoms with E-state index in [0.29, 0.717) is 0 Å². The number of hydrogen-bond acceptors (Lipinski definition) is 7. The van der Waals surface area contributed by atoms with Crippen LogP contribution in [0.1, 0.15) is 17.3 Å². The molecule has 0 spiro atoms. The van der Waals surface area contributed by atoms with Gasteiger partial charge in [-0.2, -0.15) is 0 Å². The normalized spacial score (nSPS) is 14.5. The van der Waals surface area contributed by atoms with Gasteiger partial charge < -0.3 is 9.47 Å². The minimum absolute atomic E-state index is 0.0933. The lowest BCUT2D eigenvalue weighted by atomic mass is 10.2. The average Bonchev–Trinajstić information content (AvgIpc) is 2.98. The van der Waals surface area contributed by atoms with Gasteiger partial charge in [0.05, 0.1) is 22.8 Å². The number of cyclic esters (lactones) is 1. The molecule has 124 valence electrons. The van der Waals surface area contributed by atoms with Gasteiger partial charge in [-0.3, -0.25) is 4.79 Å². The number of sulfone groups is 1. The van der Waals surface area contributed by atoms with Crippen LogP contribution in [-0.4, -0.2) is 56.8 Å². The smallest absolute Gasteiger partial charge is 0.416 e. The fraction of sp³-hybridized carbons (Fsp3) is 0.357. The summed E-state index contributed by atoms with van der Waals surface area (Å²) in [5, 5.41) is 0. The van der Waals surface area contributed by atoms with Gasteiger partial charge in [-0.25, -0.2) is 22.9 Å². The summed E-state index contributed by atoms with van der Waals surface area (Å²) in [6.07, 6.45) is -0.792. The molecule has 1 fully saturated rings.